The Morgan fingerprint density at radius 2 is 2.22 bits per heavy atom. The molecule has 3 aromatic rings. The van der Waals surface area contributed by atoms with Crippen molar-refractivity contribution in [3.8, 4) is 0 Å². The molecule has 6 heteroatoms. The van der Waals surface area contributed by atoms with E-state index >= 15 is 0 Å². The van der Waals surface area contributed by atoms with E-state index < -0.39 is 0 Å². The lowest BCUT2D eigenvalue weighted by atomic mass is 9.93. The van der Waals surface area contributed by atoms with Crippen molar-refractivity contribution in [1.82, 2.24) is 14.9 Å². The number of rotatable bonds is 6. The Kier molecular flexibility index (Phi) is 5.62. The van der Waals surface area contributed by atoms with Gasteiger partial charge in [-0.3, -0.25) is 9.36 Å². The average molecular weight is 402 g/mol. The maximum Gasteiger partial charge on any atom is 0.262 e. The van der Waals surface area contributed by atoms with Crippen LogP contribution in [0.5, 0.6) is 0 Å². The number of nitrogens with zero attached hydrogens (tertiary/aromatic N) is 2. The van der Waals surface area contributed by atoms with Gasteiger partial charge in [0, 0.05) is 29.0 Å². The molecule has 1 aliphatic rings. The summed E-state index contributed by atoms with van der Waals surface area (Å²) in [6.07, 6.45) is 6.72. The maximum absolute atomic E-state index is 12.9. The van der Waals surface area contributed by atoms with Gasteiger partial charge in [0.1, 0.15) is 4.83 Å². The van der Waals surface area contributed by atoms with Gasteiger partial charge in [0.25, 0.3) is 5.56 Å². The van der Waals surface area contributed by atoms with Gasteiger partial charge < -0.3 is 5.32 Å². The largest absolute Gasteiger partial charge is 0.309 e. The molecule has 2 aromatic heterocycles. The van der Waals surface area contributed by atoms with Crippen molar-refractivity contribution in [1.29, 1.82) is 0 Å². The van der Waals surface area contributed by atoms with Crippen molar-refractivity contribution in [3.63, 3.8) is 0 Å². The highest BCUT2D eigenvalue weighted by atomic mass is 35.5. The number of hydrogen-bond acceptors (Lipinski definition) is 4. The van der Waals surface area contributed by atoms with Gasteiger partial charge in [-0.25, -0.2) is 4.98 Å². The van der Waals surface area contributed by atoms with Gasteiger partial charge in [-0.1, -0.05) is 43.1 Å². The molecule has 2 heterocycles. The molecule has 0 fully saturated rings. The molecule has 0 radical (unpaired) electrons. The minimum atomic E-state index is 0.133. The summed E-state index contributed by atoms with van der Waals surface area (Å²) in [4.78, 5) is 19.7. The first-order valence-corrected chi connectivity index (χ1v) is 10.8. The first kappa shape index (κ1) is 18.7. The summed E-state index contributed by atoms with van der Waals surface area (Å²) < 4.78 is 1.78. The monoisotopic (exact) mass is 401 g/mol. The van der Waals surface area contributed by atoms with Crippen LogP contribution in [0.25, 0.3) is 10.2 Å². The lowest BCUT2D eigenvalue weighted by Gasteiger charge is -2.23. The number of hydrogen-bond donors (Lipinski definition) is 1. The summed E-state index contributed by atoms with van der Waals surface area (Å²) in [6.45, 7) is 3.66. The fourth-order valence-electron chi connectivity index (χ4n) is 3.76. The SMILES string of the molecule is CCCCn1cnc2sc3c(c2c1=O)CCC(NCc1ccccc1Cl)C3. The standard InChI is InChI=1S/C21H24ClN3OS/c1-2-3-10-25-13-24-20-19(21(25)26)16-9-8-15(11-18(16)27-20)23-12-14-6-4-5-7-17(14)22/h4-7,13,15,23H,2-3,8-12H2,1H3. The highest BCUT2D eigenvalue weighted by Gasteiger charge is 2.25. The van der Waals surface area contributed by atoms with Crippen LogP contribution in [0.1, 0.15) is 42.2 Å². The van der Waals surface area contributed by atoms with Gasteiger partial charge in [-0.05, 0) is 42.9 Å². The highest BCUT2D eigenvalue weighted by molar-refractivity contribution is 7.18. The number of halogens is 1. The molecule has 1 N–H and O–H groups in total. The maximum atomic E-state index is 12.9. The molecule has 142 valence electrons. The molecular formula is C21H24ClN3OS. The molecule has 4 nitrogen and oxygen atoms in total. The molecule has 0 spiro atoms. The van der Waals surface area contributed by atoms with Crippen LogP contribution in [0.15, 0.2) is 35.4 Å². The van der Waals surface area contributed by atoms with Crippen molar-refractivity contribution in [2.45, 2.75) is 58.2 Å². The van der Waals surface area contributed by atoms with Crippen LogP contribution >= 0.6 is 22.9 Å². The third-order valence-electron chi connectivity index (χ3n) is 5.33. The molecule has 0 saturated carbocycles. The van der Waals surface area contributed by atoms with Crippen molar-refractivity contribution >= 4 is 33.2 Å². The molecule has 1 aromatic carbocycles. The van der Waals surface area contributed by atoms with Crippen LogP contribution in [0.2, 0.25) is 5.02 Å². The number of nitrogens with one attached hydrogen (secondary N) is 1. The average Bonchev–Trinajstić information content (AvgIpc) is 3.05. The topological polar surface area (TPSA) is 46.9 Å². The predicted octanol–water partition coefficient (Wildman–Crippen LogP) is 4.56. The predicted molar refractivity (Wildman–Crippen MR) is 113 cm³/mol. The number of benzene rings is 1. The minimum Gasteiger partial charge on any atom is -0.309 e. The molecule has 1 unspecified atom stereocenters. The lowest BCUT2D eigenvalue weighted by Crippen LogP contribution is -2.34. The number of aryl methyl sites for hydroxylation is 2. The molecule has 0 amide bonds. The van der Waals surface area contributed by atoms with E-state index in [1.807, 2.05) is 18.2 Å². The van der Waals surface area contributed by atoms with Crippen molar-refractivity contribution in [2.24, 2.45) is 0 Å². The van der Waals surface area contributed by atoms with Crippen molar-refractivity contribution < 1.29 is 0 Å². The third-order valence-corrected chi connectivity index (χ3v) is 6.86. The van der Waals surface area contributed by atoms with Crippen molar-refractivity contribution in [3.05, 3.63) is 62.0 Å². The van der Waals surface area contributed by atoms with E-state index in [1.54, 1.807) is 22.2 Å². The number of fused-ring (bicyclic) bond motifs is 3. The summed E-state index contributed by atoms with van der Waals surface area (Å²) in [5, 5.41) is 5.30. The first-order valence-electron chi connectivity index (χ1n) is 9.64. The number of unbranched alkanes of at least 4 members (excludes halogenated alkanes) is 1. The van der Waals surface area contributed by atoms with E-state index in [0.717, 1.165) is 66.0 Å². The zero-order valence-electron chi connectivity index (χ0n) is 15.5. The van der Waals surface area contributed by atoms with E-state index in [2.05, 4.69) is 23.3 Å². The molecule has 4 rings (SSSR count). The summed E-state index contributed by atoms with van der Waals surface area (Å²) in [5.74, 6) is 0. The highest BCUT2D eigenvalue weighted by Crippen LogP contribution is 2.33. The Morgan fingerprint density at radius 1 is 1.37 bits per heavy atom. The van der Waals surface area contributed by atoms with Crippen LogP contribution in [0.4, 0.5) is 0 Å². The van der Waals surface area contributed by atoms with E-state index in [1.165, 1.54) is 10.4 Å². The fourth-order valence-corrected chi connectivity index (χ4v) is 5.22. The normalized spacial score (nSPS) is 16.6. The van der Waals surface area contributed by atoms with Gasteiger partial charge in [0.15, 0.2) is 0 Å². The molecule has 27 heavy (non-hydrogen) atoms. The molecule has 1 aliphatic carbocycles. The van der Waals surface area contributed by atoms with E-state index in [-0.39, 0.29) is 5.56 Å². The molecule has 0 saturated heterocycles. The van der Waals surface area contributed by atoms with Crippen LogP contribution in [-0.2, 0) is 25.9 Å². The van der Waals surface area contributed by atoms with Gasteiger partial charge in [-0.2, -0.15) is 0 Å². The van der Waals surface area contributed by atoms with Crippen molar-refractivity contribution in [2.75, 3.05) is 0 Å². The Morgan fingerprint density at radius 3 is 3.04 bits per heavy atom. The summed E-state index contributed by atoms with van der Waals surface area (Å²) in [5.41, 5.74) is 2.49. The lowest BCUT2D eigenvalue weighted by molar-refractivity contribution is 0.462. The molecule has 0 aliphatic heterocycles. The van der Waals surface area contributed by atoms with Gasteiger partial charge in [0.05, 0.1) is 11.7 Å². The third kappa shape index (κ3) is 3.82. The smallest absolute Gasteiger partial charge is 0.262 e. The van der Waals surface area contributed by atoms with Crippen LogP contribution in [0, 0.1) is 0 Å². The van der Waals surface area contributed by atoms with E-state index in [9.17, 15) is 4.79 Å². The second kappa shape index (κ2) is 8.13. The Balaban J connectivity index is 1.53. The van der Waals surface area contributed by atoms with Crippen LogP contribution < -0.4 is 10.9 Å². The minimum absolute atomic E-state index is 0.133. The second-order valence-electron chi connectivity index (χ2n) is 7.19. The molecular weight excluding hydrogens is 378 g/mol. The summed E-state index contributed by atoms with van der Waals surface area (Å²) in [7, 11) is 0. The Hall–Kier alpha value is -1.69. The second-order valence-corrected chi connectivity index (χ2v) is 8.68. The van der Waals surface area contributed by atoms with E-state index in [4.69, 9.17) is 11.6 Å². The Labute approximate surface area is 168 Å². The zero-order valence-corrected chi connectivity index (χ0v) is 17.1. The number of aromatic nitrogens is 2. The Bertz CT molecular complexity index is 1010. The number of thiophene rings is 1. The van der Waals surface area contributed by atoms with Gasteiger partial charge in [-0.15, -0.1) is 11.3 Å². The summed E-state index contributed by atoms with van der Waals surface area (Å²) in [6, 6.07) is 8.37. The van der Waals surface area contributed by atoms with Crippen LogP contribution in [-0.4, -0.2) is 15.6 Å². The molecule has 1 atom stereocenters. The zero-order chi connectivity index (χ0) is 18.8. The molecule has 0 bridgehead atoms. The van der Waals surface area contributed by atoms with Crippen LogP contribution in [0.3, 0.4) is 0 Å². The summed E-state index contributed by atoms with van der Waals surface area (Å²) >= 11 is 7.95. The van der Waals surface area contributed by atoms with Gasteiger partial charge in [0.2, 0.25) is 0 Å². The first-order chi connectivity index (χ1) is 13.2. The quantitative estimate of drug-likeness (QED) is 0.658. The van der Waals surface area contributed by atoms with E-state index in [0.29, 0.717) is 6.04 Å². The fraction of sp³-hybridized carbons (Fsp3) is 0.429. The van der Waals surface area contributed by atoms with Gasteiger partial charge >= 0.3 is 0 Å².